The number of para-hydroxylation sites is 1. The number of benzene rings is 1. The molecule has 0 spiro atoms. The molecule has 5 heteroatoms. The minimum absolute atomic E-state index is 0.0198. The molecule has 5 nitrogen and oxygen atoms in total. The Labute approximate surface area is 138 Å². The molecule has 0 bridgehead atoms. The third-order valence-electron chi connectivity index (χ3n) is 4.26. The predicted molar refractivity (Wildman–Crippen MR) is 89.3 cm³/mol. The number of carbonyl (C=O) groups excluding carboxylic acids is 2. The van der Waals surface area contributed by atoms with Crippen LogP contribution in [0.1, 0.15) is 32.3 Å². The van der Waals surface area contributed by atoms with Gasteiger partial charge < -0.3 is 15.0 Å². The van der Waals surface area contributed by atoms with E-state index in [1.807, 2.05) is 43.0 Å². The van der Waals surface area contributed by atoms with Crippen molar-refractivity contribution in [2.24, 2.45) is 5.92 Å². The van der Waals surface area contributed by atoms with Crippen molar-refractivity contribution < 1.29 is 14.3 Å². The van der Waals surface area contributed by atoms with Crippen LogP contribution in [0.2, 0.25) is 0 Å². The molecule has 23 heavy (non-hydrogen) atoms. The summed E-state index contributed by atoms with van der Waals surface area (Å²) >= 11 is 0. The largest absolute Gasteiger partial charge is 0.496 e. The molecule has 1 aromatic rings. The van der Waals surface area contributed by atoms with Crippen molar-refractivity contribution in [1.82, 2.24) is 10.2 Å². The Kier molecular flexibility index (Phi) is 6.02. The van der Waals surface area contributed by atoms with Gasteiger partial charge in [0.25, 0.3) is 0 Å². The molecular weight excluding hydrogens is 292 g/mol. The average Bonchev–Trinajstić information content (AvgIpc) is 2.92. The second-order valence-electron chi connectivity index (χ2n) is 6.33. The van der Waals surface area contributed by atoms with Gasteiger partial charge in [-0.2, -0.15) is 0 Å². The van der Waals surface area contributed by atoms with Crippen LogP contribution in [0.25, 0.3) is 0 Å². The van der Waals surface area contributed by atoms with Crippen LogP contribution in [0.15, 0.2) is 24.3 Å². The Morgan fingerprint density at radius 3 is 2.78 bits per heavy atom. The number of hydrogen-bond acceptors (Lipinski definition) is 3. The Morgan fingerprint density at radius 2 is 2.13 bits per heavy atom. The molecule has 1 unspecified atom stereocenters. The molecule has 1 N–H and O–H groups in total. The van der Waals surface area contributed by atoms with E-state index in [1.165, 1.54) is 0 Å². The highest BCUT2D eigenvalue weighted by Gasteiger charge is 2.30. The molecule has 1 aliphatic heterocycles. The standard InChI is InChI=1S/C18H26N2O3/c1-13(2)20-12-14(10-18(20)22)11-19-17(21)9-8-15-6-4-5-7-16(15)23-3/h4-7,13-14H,8-12H2,1-3H3,(H,19,21). The predicted octanol–water partition coefficient (Wildman–Crippen LogP) is 2.00. The van der Waals surface area contributed by atoms with Gasteiger partial charge in [-0.1, -0.05) is 18.2 Å². The molecule has 0 aliphatic carbocycles. The third-order valence-corrected chi connectivity index (χ3v) is 4.26. The van der Waals surface area contributed by atoms with Gasteiger partial charge in [0.15, 0.2) is 0 Å². The quantitative estimate of drug-likeness (QED) is 0.836. The van der Waals surface area contributed by atoms with Crippen molar-refractivity contribution in [2.75, 3.05) is 20.2 Å². The molecular formula is C18H26N2O3. The highest BCUT2D eigenvalue weighted by molar-refractivity contribution is 5.79. The Morgan fingerprint density at radius 1 is 1.39 bits per heavy atom. The summed E-state index contributed by atoms with van der Waals surface area (Å²) in [5.74, 6) is 1.24. The fraction of sp³-hybridized carbons (Fsp3) is 0.556. The first-order valence-corrected chi connectivity index (χ1v) is 8.19. The van der Waals surface area contributed by atoms with Crippen LogP contribution in [0.4, 0.5) is 0 Å². The summed E-state index contributed by atoms with van der Waals surface area (Å²) in [4.78, 5) is 25.8. The van der Waals surface area contributed by atoms with Gasteiger partial charge in [0.2, 0.25) is 11.8 Å². The number of amides is 2. The van der Waals surface area contributed by atoms with Crippen molar-refractivity contribution >= 4 is 11.8 Å². The van der Waals surface area contributed by atoms with E-state index in [4.69, 9.17) is 4.74 Å². The van der Waals surface area contributed by atoms with E-state index in [1.54, 1.807) is 7.11 Å². The monoisotopic (exact) mass is 318 g/mol. The number of methoxy groups -OCH3 is 1. The van der Waals surface area contributed by atoms with Crippen LogP contribution in [0.5, 0.6) is 5.75 Å². The van der Waals surface area contributed by atoms with E-state index in [0.717, 1.165) is 17.9 Å². The molecule has 2 amide bonds. The highest BCUT2D eigenvalue weighted by Crippen LogP contribution is 2.20. The van der Waals surface area contributed by atoms with Crippen molar-refractivity contribution in [1.29, 1.82) is 0 Å². The summed E-state index contributed by atoms with van der Waals surface area (Å²) in [6.07, 6.45) is 1.61. The normalized spacial score (nSPS) is 17.7. The fourth-order valence-electron chi connectivity index (χ4n) is 2.95. The Hall–Kier alpha value is -2.04. The Balaban J connectivity index is 1.75. The van der Waals surface area contributed by atoms with Gasteiger partial charge in [-0.25, -0.2) is 0 Å². The van der Waals surface area contributed by atoms with Crippen LogP contribution >= 0.6 is 0 Å². The smallest absolute Gasteiger partial charge is 0.223 e. The van der Waals surface area contributed by atoms with Gasteiger partial charge >= 0.3 is 0 Å². The van der Waals surface area contributed by atoms with Gasteiger partial charge in [0, 0.05) is 37.9 Å². The molecule has 1 heterocycles. The number of hydrogen-bond donors (Lipinski definition) is 1. The molecule has 126 valence electrons. The van der Waals surface area contributed by atoms with Crippen LogP contribution in [0.3, 0.4) is 0 Å². The van der Waals surface area contributed by atoms with E-state index in [9.17, 15) is 9.59 Å². The minimum Gasteiger partial charge on any atom is -0.496 e. The molecule has 1 saturated heterocycles. The summed E-state index contributed by atoms with van der Waals surface area (Å²) in [6, 6.07) is 7.97. The minimum atomic E-state index is 0.0198. The lowest BCUT2D eigenvalue weighted by molar-refractivity contribution is -0.129. The molecule has 0 aromatic heterocycles. The first-order valence-electron chi connectivity index (χ1n) is 8.19. The maximum Gasteiger partial charge on any atom is 0.223 e. The van der Waals surface area contributed by atoms with Crippen molar-refractivity contribution in [3.8, 4) is 5.75 Å². The van der Waals surface area contributed by atoms with E-state index in [2.05, 4.69) is 5.32 Å². The average molecular weight is 318 g/mol. The zero-order valence-corrected chi connectivity index (χ0v) is 14.2. The second-order valence-corrected chi connectivity index (χ2v) is 6.33. The maximum absolute atomic E-state index is 12.0. The van der Waals surface area contributed by atoms with Gasteiger partial charge in [-0.05, 0) is 31.9 Å². The first kappa shape index (κ1) is 17.3. The number of likely N-dealkylation sites (tertiary alicyclic amines) is 1. The van der Waals surface area contributed by atoms with E-state index < -0.39 is 0 Å². The van der Waals surface area contributed by atoms with E-state index >= 15 is 0 Å². The summed E-state index contributed by atoms with van der Waals surface area (Å²) in [7, 11) is 1.64. The first-order chi connectivity index (χ1) is 11.0. The Bertz CT molecular complexity index is 557. The molecule has 2 rings (SSSR count). The number of rotatable bonds is 7. The summed E-state index contributed by atoms with van der Waals surface area (Å²) < 4.78 is 5.29. The van der Waals surface area contributed by atoms with Crippen molar-refractivity contribution in [3.05, 3.63) is 29.8 Å². The van der Waals surface area contributed by atoms with Gasteiger partial charge in [0.1, 0.15) is 5.75 Å². The number of carbonyl (C=O) groups is 2. The topological polar surface area (TPSA) is 58.6 Å². The van der Waals surface area contributed by atoms with Crippen molar-refractivity contribution in [3.63, 3.8) is 0 Å². The number of nitrogens with one attached hydrogen (secondary N) is 1. The molecule has 1 fully saturated rings. The van der Waals surface area contributed by atoms with Crippen LogP contribution in [-0.4, -0.2) is 43.0 Å². The fourth-order valence-corrected chi connectivity index (χ4v) is 2.95. The molecule has 1 atom stereocenters. The van der Waals surface area contributed by atoms with Gasteiger partial charge in [-0.3, -0.25) is 9.59 Å². The molecule has 1 aromatic carbocycles. The maximum atomic E-state index is 12.0. The van der Waals surface area contributed by atoms with E-state index in [-0.39, 0.29) is 23.8 Å². The van der Waals surface area contributed by atoms with Crippen LogP contribution < -0.4 is 10.1 Å². The molecule has 1 aliphatic rings. The number of aryl methyl sites for hydroxylation is 1. The lowest BCUT2D eigenvalue weighted by Crippen LogP contribution is -2.34. The van der Waals surface area contributed by atoms with Crippen molar-refractivity contribution in [2.45, 2.75) is 39.2 Å². The highest BCUT2D eigenvalue weighted by atomic mass is 16.5. The second kappa shape index (κ2) is 7.99. The van der Waals surface area contributed by atoms with Crippen LogP contribution in [-0.2, 0) is 16.0 Å². The number of ether oxygens (including phenoxy) is 1. The SMILES string of the molecule is COc1ccccc1CCC(=O)NCC1CC(=O)N(C(C)C)C1. The summed E-state index contributed by atoms with van der Waals surface area (Å²) in [5.41, 5.74) is 1.03. The van der Waals surface area contributed by atoms with Gasteiger partial charge in [0.05, 0.1) is 7.11 Å². The molecule has 0 saturated carbocycles. The third kappa shape index (κ3) is 4.71. The summed E-state index contributed by atoms with van der Waals surface area (Å²) in [6.45, 7) is 5.35. The zero-order chi connectivity index (χ0) is 16.8. The van der Waals surface area contributed by atoms with Crippen LogP contribution in [0, 0.1) is 5.92 Å². The molecule has 0 radical (unpaired) electrons. The lowest BCUT2D eigenvalue weighted by Gasteiger charge is -2.21. The lowest BCUT2D eigenvalue weighted by atomic mass is 10.1. The number of nitrogens with zero attached hydrogens (tertiary/aromatic N) is 1. The van der Waals surface area contributed by atoms with Gasteiger partial charge in [-0.15, -0.1) is 0 Å². The summed E-state index contributed by atoms with van der Waals surface area (Å²) in [5, 5.41) is 2.95. The zero-order valence-electron chi connectivity index (χ0n) is 14.2. The van der Waals surface area contributed by atoms with E-state index in [0.29, 0.717) is 25.8 Å².